The number of aryl methyl sites for hydroxylation is 1. The van der Waals surface area contributed by atoms with Crippen molar-refractivity contribution in [3.05, 3.63) is 34.9 Å². The molecule has 0 heterocycles. The van der Waals surface area contributed by atoms with Crippen molar-refractivity contribution in [1.82, 2.24) is 5.32 Å². The number of nitrogens with one attached hydrogen (secondary N) is 1. The Hall–Kier alpha value is -0.960. The van der Waals surface area contributed by atoms with Gasteiger partial charge >= 0.3 is 0 Å². The van der Waals surface area contributed by atoms with Crippen LogP contribution in [0.4, 0.5) is 8.78 Å². The van der Waals surface area contributed by atoms with Crippen molar-refractivity contribution >= 4 is 0 Å². The van der Waals surface area contributed by atoms with Crippen LogP contribution in [0.2, 0.25) is 0 Å². The highest BCUT2D eigenvalue weighted by atomic mass is 19.2. The molecule has 0 radical (unpaired) electrons. The number of hydrogen-bond donors (Lipinski definition) is 1. The Morgan fingerprint density at radius 1 is 1.18 bits per heavy atom. The Morgan fingerprint density at radius 3 is 2.35 bits per heavy atom. The first kappa shape index (κ1) is 14.1. The summed E-state index contributed by atoms with van der Waals surface area (Å²) >= 11 is 0. The van der Waals surface area contributed by atoms with Crippen molar-refractivity contribution in [3.63, 3.8) is 0 Å². The second-order valence-electron chi connectivity index (χ2n) is 4.78. The third-order valence-electron chi connectivity index (χ3n) is 2.92. The van der Waals surface area contributed by atoms with E-state index in [4.69, 9.17) is 0 Å². The molecule has 0 aliphatic heterocycles. The summed E-state index contributed by atoms with van der Waals surface area (Å²) in [6.07, 6.45) is 0.971. The lowest BCUT2D eigenvalue weighted by Gasteiger charge is -2.23. The standard InChI is InChI=1S/C14H21F2N/c1-5-8-17-14(9(2)3)11-7-6-10(4)12(15)13(11)16/h6-7,9,14,17H,5,8H2,1-4H3. The summed E-state index contributed by atoms with van der Waals surface area (Å²) in [5.41, 5.74) is 0.779. The molecule has 0 fully saturated rings. The minimum atomic E-state index is -0.730. The predicted molar refractivity (Wildman–Crippen MR) is 67.0 cm³/mol. The molecule has 1 atom stereocenters. The van der Waals surface area contributed by atoms with Gasteiger partial charge in [0.25, 0.3) is 0 Å². The van der Waals surface area contributed by atoms with Crippen LogP contribution < -0.4 is 5.32 Å². The number of benzene rings is 1. The van der Waals surface area contributed by atoms with Gasteiger partial charge in [0, 0.05) is 11.6 Å². The van der Waals surface area contributed by atoms with Crippen molar-refractivity contribution in [2.45, 2.75) is 40.2 Å². The van der Waals surface area contributed by atoms with Gasteiger partial charge < -0.3 is 5.32 Å². The number of rotatable bonds is 5. The molecule has 1 rings (SSSR count). The molecule has 0 saturated carbocycles. The predicted octanol–water partition coefficient (Wildman–Crippen LogP) is 3.97. The van der Waals surface area contributed by atoms with Crippen molar-refractivity contribution in [2.75, 3.05) is 6.54 Å². The topological polar surface area (TPSA) is 12.0 Å². The van der Waals surface area contributed by atoms with Gasteiger partial charge in [-0.2, -0.15) is 0 Å². The lowest BCUT2D eigenvalue weighted by Crippen LogP contribution is -2.27. The Morgan fingerprint density at radius 2 is 1.82 bits per heavy atom. The molecule has 1 nitrogen and oxygen atoms in total. The van der Waals surface area contributed by atoms with E-state index in [0.29, 0.717) is 11.1 Å². The zero-order valence-electron chi connectivity index (χ0n) is 11.0. The maximum absolute atomic E-state index is 13.9. The summed E-state index contributed by atoms with van der Waals surface area (Å²) in [5.74, 6) is -1.23. The summed E-state index contributed by atoms with van der Waals surface area (Å²) in [7, 11) is 0. The van der Waals surface area contributed by atoms with Gasteiger partial charge in [-0.25, -0.2) is 8.78 Å². The maximum atomic E-state index is 13.9. The van der Waals surface area contributed by atoms with E-state index in [-0.39, 0.29) is 12.0 Å². The third-order valence-corrected chi connectivity index (χ3v) is 2.92. The van der Waals surface area contributed by atoms with Gasteiger partial charge in [0.05, 0.1) is 0 Å². The molecule has 0 bridgehead atoms. The molecule has 3 heteroatoms. The fourth-order valence-electron chi connectivity index (χ4n) is 1.91. The fraction of sp³-hybridized carbons (Fsp3) is 0.571. The zero-order chi connectivity index (χ0) is 13.0. The van der Waals surface area contributed by atoms with Gasteiger partial charge in [-0.05, 0) is 31.4 Å². The van der Waals surface area contributed by atoms with E-state index in [0.717, 1.165) is 13.0 Å². The highest BCUT2D eigenvalue weighted by Crippen LogP contribution is 2.26. The lowest BCUT2D eigenvalue weighted by atomic mass is 9.94. The van der Waals surface area contributed by atoms with Crippen LogP contribution in [0.1, 0.15) is 44.4 Å². The van der Waals surface area contributed by atoms with E-state index in [9.17, 15) is 8.78 Å². The van der Waals surface area contributed by atoms with Crippen LogP contribution in [0.3, 0.4) is 0 Å². The minimum absolute atomic E-state index is 0.134. The molecule has 0 aliphatic carbocycles. The zero-order valence-corrected chi connectivity index (χ0v) is 11.0. The summed E-state index contributed by atoms with van der Waals surface area (Å²) < 4.78 is 27.4. The molecule has 17 heavy (non-hydrogen) atoms. The van der Waals surface area contributed by atoms with Gasteiger partial charge in [0.1, 0.15) is 0 Å². The fourth-order valence-corrected chi connectivity index (χ4v) is 1.91. The van der Waals surface area contributed by atoms with Gasteiger partial charge in [-0.15, -0.1) is 0 Å². The van der Waals surface area contributed by atoms with Crippen LogP contribution in [0, 0.1) is 24.5 Å². The molecule has 0 amide bonds. The molecule has 0 saturated heterocycles. The molecule has 1 unspecified atom stereocenters. The van der Waals surface area contributed by atoms with Gasteiger partial charge in [0.15, 0.2) is 11.6 Å². The second kappa shape index (κ2) is 6.10. The Labute approximate surface area is 102 Å². The van der Waals surface area contributed by atoms with Crippen LogP contribution in [-0.4, -0.2) is 6.54 Å². The largest absolute Gasteiger partial charge is 0.310 e. The van der Waals surface area contributed by atoms with Crippen LogP contribution in [-0.2, 0) is 0 Å². The first-order chi connectivity index (χ1) is 7.99. The Balaban J connectivity index is 3.06. The van der Waals surface area contributed by atoms with E-state index >= 15 is 0 Å². The molecule has 0 aromatic heterocycles. The van der Waals surface area contributed by atoms with E-state index < -0.39 is 11.6 Å². The van der Waals surface area contributed by atoms with Crippen molar-refractivity contribution in [2.24, 2.45) is 5.92 Å². The van der Waals surface area contributed by atoms with E-state index in [1.54, 1.807) is 19.1 Å². The van der Waals surface area contributed by atoms with Crippen molar-refractivity contribution in [3.8, 4) is 0 Å². The quantitative estimate of drug-likeness (QED) is 0.822. The number of halogens is 2. The molecule has 1 N–H and O–H groups in total. The first-order valence-corrected chi connectivity index (χ1v) is 6.16. The van der Waals surface area contributed by atoms with Gasteiger partial charge in [-0.3, -0.25) is 0 Å². The van der Waals surface area contributed by atoms with Crippen LogP contribution in [0.25, 0.3) is 0 Å². The normalized spacial score (nSPS) is 13.1. The molecule has 1 aromatic carbocycles. The number of hydrogen-bond acceptors (Lipinski definition) is 1. The van der Waals surface area contributed by atoms with Gasteiger partial charge in [-0.1, -0.05) is 32.9 Å². The highest BCUT2D eigenvalue weighted by Gasteiger charge is 2.21. The van der Waals surface area contributed by atoms with Crippen LogP contribution in [0.15, 0.2) is 12.1 Å². The van der Waals surface area contributed by atoms with Gasteiger partial charge in [0.2, 0.25) is 0 Å². The average Bonchev–Trinajstić information content (AvgIpc) is 2.28. The maximum Gasteiger partial charge on any atom is 0.163 e. The summed E-state index contributed by atoms with van der Waals surface area (Å²) in [6.45, 7) is 8.44. The molecule has 96 valence electrons. The van der Waals surface area contributed by atoms with Crippen molar-refractivity contribution < 1.29 is 8.78 Å². The van der Waals surface area contributed by atoms with Crippen molar-refractivity contribution in [1.29, 1.82) is 0 Å². The first-order valence-electron chi connectivity index (χ1n) is 6.16. The van der Waals surface area contributed by atoms with Crippen LogP contribution >= 0.6 is 0 Å². The Bertz CT molecular complexity index is 375. The molecular formula is C14H21F2N. The lowest BCUT2D eigenvalue weighted by molar-refractivity contribution is 0.387. The third kappa shape index (κ3) is 3.25. The summed E-state index contributed by atoms with van der Waals surface area (Å²) in [5, 5.41) is 3.27. The summed E-state index contributed by atoms with van der Waals surface area (Å²) in [4.78, 5) is 0. The Kier molecular flexibility index (Phi) is 5.06. The summed E-state index contributed by atoms with van der Waals surface area (Å²) in [6, 6.07) is 3.18. The van der Waals surface area contributed by atoms with E-state index in [1.807, 2.05) is 13.8 Å². The van der Waals surface area contributed by atoms with Crippen LogP contribution in [0.5, 0.6) is 0 Å². The molecule has 0 spiro atoms. The molecular weight excluding hydrogens is 220 g/mol. The molecule has 1 aromatic rings. The van der Waals surface area contributed by atoms with E-state index in [2.05, 4.69) is 12.2 Å². The molecule has 0 aliphatic rings. The minimum Gasteiger partial charge on any atom is -0.310 e. The average molecular weight is 241 g/mol. The van der Waals surface area contributed by atoms with E-state index in [1.165, 1.54) is 0 Å². The highest BCUT2D eigenvalue weighted by molar-refractivity contribution is 5.28. The second-order valence-corrected chi connectivity index (χ2v) is 4.78. The smallest absolute Gasteiger partial charge is 0.163 e. The SMILES string of the molecule is CCCNC(c1ccc(C)c(F)c1F)C(C)C. The monoisotopic (exact) mass is 241 g/mol.